The summed E-state index contributed by atoms with van der Waals surface area (Å²) in [5.41, 5.74) is 0.229. The maximum atomic E-state index is 13.6. The number of nitriles is 1. The molecule has 0 spiro atoms. The normalized spacial score (nSPS) is 14.2. The van der Waals surface area contributed by atoms with E-state index in [0.717, 1.165) is 6.42 Å². The molecule has 2 atom stereocenters. The number of hydrogen-bond donors (Lipinski definition) is 1. The first kappa shape index (κ1) is 13.0. The molecule has 0 saturated carbocycles. The van der Waals surface area contributed by atoms with Gasteiger partial charge >= 0.3 is 0 Å². The lowest BCUT2D eigenvalue weighted by atomic mass is 10.1. The Hall–Kier alpha value is -1.11. The van der Waals surface area contributed by atoms with Gasteiger partial charge in [0.25, 0.3) is 0 Å². The quantitative estimate of drug-likeness (QED) is 0.875. The van der Waals surface area contributed by atoms with Crippen LogP contribution in [0.4, 0.5) is 4.39 Å². The van der Waals surface area contributed by atoms with Gasteiger partial charge in [0.05, 0.1) is 6.07 Å². The molecule has 4 heteroatoms. The molecule has 0 heterocycles. The summed E-state index contributed by atoms with van der Waals surface area (Å²) in [5.74, 6) is -0.449. The number of hydrogen-bond acceptors (Lipinski definition) is 2. The molecule has 1 aromatic carbocycles. The van der Waals surface area contributed by atoms with Crippen molar-refractivity contribution in [1.29, 1.82) is 5.26 Å². The molecule has 16 heavy (non-hydrogen) atoms. The molecule has 86 valence electrons. The molecule has 0 saturated heterocycles. The first-order valence-electron chi connectivity index (χ1n) is 5.19. The minimum Gasteiger partial charge on any atom is -0.296 e. The van der Waals surface area contributed by atoms with Crippen LogP contribution in [-0.2, 0) is 0 Å². The van der Waals surface area contributed by atoms with E-state index < -0.39 is 11.9 Å². The number of nitrogens with zero attached hydrogens (tertiary/aromatic N) is 1. The maximum absolute atomic E-state index is 13.6. The van der Waals surface area contributed by atoms with Crippen molar-refractivity contribution in [3.8, 4) is 6.07 Å². The minimum absolute atomic E-state index is 0.139. The molecule has 0 aliphatic heterocycles. The van der Waals surface area contributed by atoms with E-state index in [1.54, 1.807) is 6.07 Å². The maximum Gasteiger partial charge on any atom is 0.130 e. The fourth-order valence-corrected chi connectivity index (χ4v) is 1.65. The van der Waals surface area contributed by atoms with Crippen molar-refractivity contribution in [3.05, 3.63) is 34.6 Å². The molecule has 0 bridgehead atoms. The van der Waals surface area contributed by atoms with E-state index in [4.69, 9.17) is 16.9 Å². The van der Waals surface area contributed by atoms with Gasteiger partial charge in [-0.3, -0.25) is 5.32 Å². The molecule has 1 rings (SSSR count). The second kappa shape index (κ2) is 5.83. The minimum atomic E-state index is -0.705. The van der Waals surface area contributed by atoms with Crippen LogP contribution in [0.2, 0.25) is 5.02 Å². The average Bonchev–Trinajstić information content (AvgIpc) is 2.27. The Morgan fingerprint density at radius 3 is 2.75 bits per heavy atom. The molecule has 0 fully saturated rings. The Morgan fingerprint density at radius 1 is 1.56 bits per heavy atom. The largest absolute Gasteiger partial charge is 0.296 e. The third kappa shape index (κ3) is 2.94. The zero-order valence-corrected chi connectivity index (χ0v) is 10.1. The zero-order valence-electron chi connectivity index (χ0n) is 9.30. The number of rotatable bonds is 4. The van der Waals surface area contributed by atoms with Crippen molar-refractivity contribution in [3.63, 3.8) is 0 Å². The molecule has 0 amide bonds. The second-order valence-electron chi connectivity index (χ2n) is 3.67. The predicted octanol–water partition coefficient (Wildman–Crippen LogP) is 3.43. The van der Waals surface area contributed by atoms with Gasteiger partial charge in [-0.25, -0.2) is 4.39 Å². The smallest absolute Gasteiger partial charge is 0.130 e. The lowest BCUT2D eigenvalue weighted by Crippen LogP contribution is -2.29. The van der Waals surface area contributed by atoms with Crippen LogP contribution in [0.1, 0.15) is 31.9 Å². The summed E-state index contributed by atoms with van der Waals surface area (Å²) in [6.45, 7) is 3.94. The first-order valence-corrected chi connectivity index (χ1v) is 5.57. The molecule has 1 aromatic rings. The van der Waals surface area contributed by atoms with E-state index in [1.807, 2.05) is 19.9 Å². The third-order valence-corrected chi connectivity index (χ3v) is 2.81. The van der Waals surface area contributed by atoms with Crippen molar-refractivity contribution in [2.45, 2.75) is 32.4 Å². The van der Waals surface area contributed by atoms with Crippen LogP contribution in [0.3, 0.4) is 0 Å². The van der Waals surface area contributed by atoms with Crippen LogP contribution >= 0.6 is 11.6 Å². The van der Waals surface area contributed by atoms with Gasteiger partial charge in [-0.05, 0) is 25.5 Å². The monoisotopic (exact) mass is 240 g/mol. The molecule has 0 radical (unpaired) electrons. The van der Waals surface area contributed by atoms with Crippen molar-refractivity contribution in [1.82, 2.24) is 5.32 Å². The summed E-state index contributed by atoms with van der Waals surface area (Å²) in [7, 11) is 0. The molecule has 1 N–H and O–H groups in total. The van der Waals surface area contributed by atoms with E-state index >= 15 is 0 Å². The highest BCUT2D eigenvalue weighted by Gasteiger charge is 2.19. The van der Waals surface area contributed by atoms with Gasteiger partial charge in [0.15, 0.2) is 0 Å². The summed E-state index contributed by atoms with van der Waals surface area (Å²) in [5, 5.41) is 12.3. The fraction of sp³-hybridized carbons (Fsp3) is 0.417. The van der Waals surface area contributed by atoms with Crippen LogP contribution in [0, 0.1) is 17.1 Å². The van der Waals surface area contributed by atoms with Crippen LogP contribution < -0.4 is 5.32 Å². The highest BCUT2D eigenvalue weighted by molar-refractivity contribution is 6.31. The number of nitrogens with one attached hydrogen (secondary N) is 1. The van der Waals surface area contributed by atoms with E-state index in [1.165, 1.54) is 12.1 Å². The molecule has 2 unspecified atom stereocenters. The van der Waals surface area contributed by atoms with Gasteiger partial charge in [0.1, 0.15) is 11.9 Å². The lowest BCUT2D eigenvalue weighted by Gasteiger charge is -2.18. The van der Waals surface area contributed by atoms with E-state index in [9.17, 15) is 4.39 Å². The summed E-state index contributed by atoms with van der Waals surface area (Å²) in [6, 6.07) is 5.89. The Balaban J connectivity index is 3.00. The molecular formula is C12H14ClFN2. The van der Waals surface area contributed by atoms with Crippen molar-refractivity contribution in [2.75, 3.05) is 0 Å². The van der Waals surface area contributed by atoms with Crippen LogP contribution in [0.5, 0.6) is 0 Å². The van der Waals surface area contributed by atoms with E-state index in [2.05, 4.69) is 5.32 Å². The fourth-order valence-electron chi connectivity index (χ4n) is 1.37. The van der Waals surface area contributed by atoms with Gasteiger partial charge in [-0.15, -0.1) is 0 Å². The summed E-state index contributed by atoms with van der Waals surface area (Å²) in [6.07, 6.45) is 0.865. The highest BCUT2D eigenvalue weighted by Crippen LogP contribution is 2.25. The van der Waals surface area contributed by atoms with Gasteiger partial charge in [-0.2, -0.15) is 5.26 Å². The van der Waals surface area contributed by atoms with Crippen LogP contribution in [0.25, 0.3) is 0 Å². The Bertz CT molecular complexity index is 380. The third-order valence-electron chi connectivity index (χ3n) is 2.48. The zero-order chi connectivity index (χ0) is 12.1. The second-order valence-corrected chi connectivity index (χ2v) is 4.08. The van der Waals surface area contributed by atoms with Crippen LogP contribution in [0.15, 0.2) is 18.2 Å². The van der Waals surface area contributed by atoms with Crippen molar-refractivity contribution in [2.24, 2.45) is 0 Å². The predicted molar refractivity (Wildman–Crippen MR) is 62.7 cm³/mol. The molecule has 0 aliphatic carbocycles. The first-order chi connectivity index (χ1) is 7.60. The van der Waals surface area contributed by atoms with Crippen molar-refractivity contribution >= 4 is 11.6 Å². The van der Waals surface area contributed by atoms with Crippen LogP contribution in [-0.4, -0.2) is 6.04 Å². The number of benzene rings is 1. The van der Waals surface area contributed by atoms with Gasteiger partial charge in [0, 0.05) is 16.6 Å². The molecule has 0 aromatic heterocycles. The summed E-state index contributed by atoms with van der Waals surface area (Å²) in [4.78, 5) is 0. The summed E-state index contributed by atoms with van der Waals surface area (Å²) >= 11 is 5.90. The van der Waals surface area contributed by atoms with Gasteiger partial charge in [-0.1, -0.05) is 24.6 Å². The van der Waals surface area contributed by atoms with Crippen molar-refractivity contribution < 1.29 is 4.39 Å². The lowest BCUT2D eigenvalue weighted by molar-refractivity contribution is 0.485. The average molecular weight is 241 g/mol. The topological polar surface area (TPSA) is 35.8 Å². The molecule has 0 aliphatic rings. The summed E-state index contributed by atoms with van der Waals surface area (Å²) < 4.78 is 13.6. The van der Waals surface area contributed by atoms with E-state index in [-0.39, 0.29) is 16.6 Å². The Kier molecular flexibility index (Phi) is 4.72. The highest BCUT2D eigenvalue weighted by atomic mass is 35.5. The number of halogens is 2. The molecule has 2 nitrogen and oxygen atoms in total. The Labute approximate surface area is 100 Å². The molecular weight excluding hydrogens is 227 g/mol. The van der Waals surface area contributed by atoms with E-state index in [0.29, 0.717) is 0 Å². The Morgan fingerprint density at radius 2 is 2.25 bits per heavy atom. The van der Waals surface area contributed by atoms with Gasteiger partial charge in [0.2, 0.25) is 0 Å². The standard InChI is InChI=1S/C12H14ClFN2/c1-3-8(2)16-11(7-15)12-9(13)5-4-6-10(12)14/h4-6,8,11,16H,3H2,1-2H3. The SMILES string of the molecule is CCC(C)NC(C#N)c1c(F)cccc1Cl. The van der Waals surface area contributed by atoms with Gasteiger partial charge < -0.3 is 0 Å².